The van der Waals surface area contributed by atoms with Crippen molar-refractivity contribution in [2.45, 2.75) is 37.4 Å². The molecule has 5 nitrogen and oxygen atoms in total. The van der Waals surface area contributed by atoms with Crippen LogP contribution in [0.25, 0.3) is 0 Å². The Balaban J connectivity index is 1.94. The number of sulfonamides is 1. The van der Waals surface area contributed by atoms with Crippen molar-refractivity contribution in [1.29, 1.82) is 0 Å². The number of imidazole rings is 1. The van der Waals surface area contributed by atoms with E-state index in [1.165, 1.54) is 16.6 Å². The summed E-state index contributed by atoms with van der Waals surface area (Å²) in [4.78, 5) is 6.68. The predicted octanol–water partition coefficient (Wildman–Crippen LogP) is 2.21. The van der Waals surface area contributed by atoms with Gasteiger partial charge in [0.25, 0.3) is 10.0 Å². The number of halogens is 1. The topological polar surface area (TPSA) is 66.1 Å². The summed E-state index contributed by atoms with van der Waals surface area (Å²) in [6.07, 6.45) is 2.92. The van der Waals surface area contributed by atoms with Gasteiger partial charge in [0, 0.05) is 18.2 Å². The minimum atomic E-state index is -3.68. The summed E-state index contributed by atoms with van der Waals surface area (Å²) in [5, 5.41) is 0.0586. The highest BCUT2D eigenvalue weighted by Crippen LogP contribution is 2.33. The molecule has 1 fully saturated rings. The van der Waals surface area contributed by atoms with Crippen LogP contribution in [0, 0.1) is 12.7 Å². The second-order valence-electron chi connectivity index (χ2n) is 5.21. The van der Waals surface area contributed by atoms with E-state index in [2.05, 4.69) is 9.97 Å². The molecule has 0 saturated heterocycles. The van der Waals surface area contributed by atoms with Crippen molar-refractivity contribution < 1.29 is 12.8 Å². The van der Waals surface area contributed by atoms with E-state index >= 15 is 0 Å². The van der Waals surface area contributed by atoms with Crippen LogP contribution in [-0.2, 0) is 16.6 Å². The molecule has 2 aromatic rings. The van der Waals surface area contributed by atoms with Crippen molar-refractivity contribution in [3.05, 3.63) is 47.7 Å². The van der Waals surface area contributed by atoms with Crippen LogP contribution >= 0.6 is 0 Å². The molecule has 0 bridgehead atoms. The first kappa shape index (κ1) is 14.2. The Bertz CT molecular complexity index is 753. The molecule has 112 valence electrons. The number of aryl methyl sites for hydroxylation is 1. The highest BCUT2D eigenvalue weighted by Gasteiger charge is 2.39. The molecule has 0 unspecified atom stereocenters. The predicted molar refractivity (Wildman–Crippen MR) is 75.5 cm³/mol. The normalized spacial score (nSPS) is 15.6. The Morgan fingerprint density at radius 2 is 2.10 bits per heavy atom. The number of hydrogen-bond donors (Lipinski definition) is 1. The summed E-state index contributed by atoms with van der Waals surface area (Å²) in [5.41, 5.74) is 0.379. The summed E-state index contributed by atoms with van der Waals surface area (Å²) in [5.74, 6) is 0.148. The summed E-state index contributed by atoms with van der Waals surface area (Å²) < 4.78 is 40.5. The quantitative estimate of drug-likeness (QED) is 0.921. The largest absolute Gasteiger partial charge is 0.332 e. The van der Waals surface area contributed by atoms with E-state index < -0.39 is 10.0 Å². The molecule has 1 heterocycles. The van der Waals surface area contributed by atoms with Gasteiger partial charge in [0.05, 0.1) is 6.20 Å². The van der Waals surface area contributed by atoms with Crippen molar-refractivity contribution in [3.63, 3.8) is 0 Å². The number of hydrogen-bond acceptors (Lipinski definition) is 3. The van der Waals surface area contributed by atoms with E-state index in [0.717, 1.165) is 12.8 Å². The fourth-order valence-electron chi connectivity index (χ4n) is 2.22. The Morgan fingerprint density at radius 3 is 2.67 bits per heavy atom. The molecule has 7 heteroatoms. The summed E-state index contributed by atoms with van der Waals surface area (Å²) in [6, 6.07) is 6.19. The van der Waals surface area contributed by atoms with Gasteiger partial charge < -0.3 is 4.98 Å². The zero-order chi connectivity index (χ0) is 15.0. The Labute approximate surface area is 122 Å². The van der Waals surface area contributed by atoms with Crippen LogP contribution in [0.15, 0.2) is 35.5 Å². The van der Waals surface area contributed by atoms with Crippen LogP contribution in [0.3, 0.4) is 0 Å². The first-order valence-electron chi connectivity index (χ1n) is 6.75. The molecular weight excluding hydrogens is 293 g/mol. The SMILES string of the molecule is Cc1ncc(S(=O)(=O)N(Cc2ccccc2F)C2CC2)[nH]1. The number of aromatic amines is 1. The van der Waals surface area contributed by atoms with Crippen LogP contribution in [-0.4, -0.2) is 28.7 Å². The number of nitrogens with one attached hydrogen (secondary N) is 1. The maximum absolute atomic E-state index is 13.8. The third-order valence-corrected chi connectivity index (χ3v) is 5.31. The molecule has 0 spiro atoms. The zero-order valence-electron chi connectivity index (χ0n) is 11.6. The number of benzene rings is 1. The summed E-state index contributed by atoms with van der Waals surface area (Å²) >= 11 is 0. The minimum absolute atomic E-state index is 0.0394. The van der Waals surface area contributed by atoms with Crippen LogP contribution in [0.1, 0.15) is 24.2 Å². The Hall–Kier alpha value is -1.73. The molecule has 1 N–H and O–H groups in total. The lowest BCUT2D eigenvalue weighted by Gasteiger charge is -2.21. The van der Waals surface area contributed by atoms with Gasteiger partial charge in [0.15, 0.2) is 5.03 Å². The Kier molecular flexibility index (Phi) is 3.54. The van der Waals surface area contributed by atoms with Crippen LogP contribution in [0.5, 0.6) is 0 Å². The monoisotopic (exact) mass is 309 g/mol. The van der Waals surface area contributed by atoms with Gasteiger partial charge in [-0.1, -0.05) is 18.2 Å². The molecule has 0 radical (unpaired) electrons. The van der Waals surface area contributed by atoms with E-state index in [9.17, 15) is 12.8 Å². The minimum Gasteiger partial charge on any atom is -0.332 e. The number of aromatic nitrogens is 2. The molecule has 3 rings (SSSR count). The van der Waals surface area contributed by atoms with Gasteiger partial charge in [-0.15, -0.1) is 0 Å². The number of rotatable bonds is 5. The summed E-state index contributed by atoms with van der Waals surface area (Å²) in [6.45, 7) is 1.73. The van der Waals surface area contributed by atoms with Crippen LogP contribution in [0.2, 0.25) is 0 Å². The number of H-pyrrole nitrogens is 1. The highest BCUT2D eigenvalue weighted by molar-refractivity contribution is 7.89. The lowest BCUT2D eigenvalue weighted by atomic mass is 10.2. The lowest BCUT2D eigenvalue weighted by Crippen LogP contribution is -2.33. The zero-order valence-corrected chi connectivity index (χ0v) is 12.4. The maximum Gasteiger partial charge on any atom is 0.260 e. The molecule has 1 aromatic carbocycles. The van der Waals surface area contributed by atoms with Crippen molar-refractivity contribution in [2.75, 3.05) is 0 Å². The molecule has 0 amide bonds. The van der Waals surface area contributed by atoms with E-state index in [4.69, 9.17) is 0 Å². The van der Waals surface area contributed by atoms with Gasteiger partial charge in [-0.2, -0.15) is 4.31 Å². The van der Waals surface area contributed by atoms with Crippen LogP contribution in [0.4, 0.5) is 4.39 Å². The van der Waals surface area contributed by atoms with Gasteiger partial charge >= 0.3 is 0 Å². The summed E-state index contributed by atoms with van der Waals surface area (Å²) in [7, 11) is -3.68. The van der Waals surface area contributed by atoms with E-state index in [1.54, 1.807) is 25.1 Å². The Morgan fingerprint density at radius 1 is 1.38 bits per heavy atom. The van der Waals surface area contributed by atoms with Crippen molar-refractivity contribution in [3.8, 4) is 0 Å². The molecule has 0 aliphatic heterocycles. The van der Waals surface area contributed by atoms with Crippen molar-refractivity contribution in [1.82, 2.24) is 14.3 Å². The smallest absolute Gasteiger partial charge is 0.260 e. The van der Waals surface area contributed by atoms with E-state index in [1.807, 2.05) is 0 Å². The molecular formula is C14H16FN3O2S. The molecule has 1 aliphatic carbocycles. The molecule has 1 aromatic heterocycles. The fraction of sp³-hybridized carbons (Fsp3) is 0.357. The fourth-order valence-corrected chi connectivity index (χ4v) is 3.85. The average molecular weight is 309 g/mol. The van der Waals surface area contributed by atoms with E-state index in [-0.39, 0.29) is 23.4 Å². The van der Waals surface area contributed by atoms with Gasteiger partial charge in [0.2, 0.25) is 0 Å². The van der Waals surface area contributed by atoms with Gasteiger partial charge in [-0.3, -0.25) is 0 Å². The van der Waals surface area contributed by atoms with Gasteiger partial charge in [-0.05, 0) is 25.8 Å². The molecule has 1 aliphatic rings. The number of nitrogens with zero attached hydrogens (tertiary/aromatic N) is 2. The molecule has 1 saturated carbocycles. The van der Waals surface area contributed by atoms with Crippen molar-refractivity contribution in [2.24, 2.45) is 0 Å². The van der Waals surface area contributed by atoms with E-state index in [0.29, 0.717) is 11.4 Å². The second-order valence-corrected chi connectivity index (χ2v) is 7.06. The molecule has 21 heavy (non-hydrogen) atoms. The van der Waals surface area contributed by atoms with Gasteiger partial charge in [-0.25, -0.2) is 17.8 Å². The van der Waals surface area contributed by atoms with Crippen LogP contribution < -0.4 is 0 Å². The highest BCUT2D eigenvalue weighted by atomic mass is 32.2. The average Bonchev–Trinajstić information content (AvgIpc) is 3.18. The second kappa shape index (κ2) is 5.23. The first-order chi connectivity index (χ1) is 9.98. The maximum atomic E-state index is 13.8. The first-order valence-corrected chi connectivity index (χ1v) is 8.19. The standard InChI is InChI=1S/C14H16FN3O2S/c1-10-16-8-14(17-10)21(19,20)18(12-6-7-12)9-11-4-2-3-5-13(11)15/h2-5,8,12H,6-7,9H2,1H3,(H,16,17). The molecule has 0 atom stereocenters. The third kappa shape index (κ3) is 2.84. The van der Waals surface area contributed by atoms with Gasteiger partial charge in [0.1, 0.15) is 11.6 Å². The lowest BCUT2D eigenvalue weighted by molar-refractivity contribution is 0.390. The third-order valence-electron chi connectivity index (χ3n) is 3.50. The van der Waals surface area contributed by atoms with Crippen molar-refractivity contribution >= 4 is 10.0 Å².